The van der Waals surface area contributed by atoms with Gasteiger partial charge in [-0.3, -0.25) is 29.1 Å². The van der Waals surface area contributed by atoms with E-state index in [2.05, 4.69) is 15.2 Å². The highest BCUT2D eigenvalue weighted by atomic mass is 16.2. The summed E-state index contributed by atoms with van der Waals surface area (Å²) >= 11 is 0. The van der Waals surface area contributed by atoms with Gasteiger partial charge in [0.2, 0.25) is 11.8 Å². The predicted octanol–water partition coefficient (Wildman–Crippen LogP) is 3.30. The van der Waals surface area contributed by atoms with Crippen molar-refractivity contribution in [2.45, 2.75) is 24.9 Å². The number of hydrogen-bond acceptors (Lipinski definition) is 6. The van der Waals surface area contributed by atoms with Crippen molar-refractivity contribution in [2.75, 3.05) is 32.0 Å². The zero-order chi connectivity index (χ0) is 29.4. The van der Waals surface area contributed by atoms with Crippen molar-refractivity contribution in [2.24, 2.45) is 7.05 Å². The third-order valence-corrected chi connectivity index (χ3v) is 8.43. The van der Waals surface area contributed by atoms with Crippen LogP contribution in [0.15, 0.2) is 79.3 Å². The zero-order valence-corrected chi connectivity index (χ0v) is 23.6. The number of piperidine rings is 1. The van der Waals surface area contributed by atoms with Gasteiger partial charge < -0.3 is 19.7 Å². The van der Waals surface area contributed by atoms with Crippen molar-refractivity contribution in [1.29, 1.82) is 0 Å². The molecule has 10 nitrogen and oxygen atoms in total. The van der Waals surface area contributed by atoms with E-state index in [0.29, 0.717) is 31.6 Å². The fourth-order valence-electron chi connectivity index (χ4n) is 5.97. The van der Waals surface area contributed by atoms with Crippen LogP contribution in [0.2, 0.25) is 0 Å². The minimum atomic E-state index is -1.22. The van der Waals surface area contributed by atoms with Crippen LogP contribution in [-0.4, -0.2) is 80.1 Å². The molecule has 0 aliphatic carbocycles. The van der Waals surface area contributed by atoms with Crippen LogP contribution in [0.5, 0.6) is 0 Å². The Morgan fingerprint density at radius 1 is 0.952 bits per heavy atom. The number of fused-ring (bicyclic) bond motifs is 2. The number of carbonyl (C=O) groups excluding carboxylic acids is 4. The summed E-state index contributed by atoms with van der Waals surface area (Å²) in [5.41, 5.74) is 1.74. The third kappa shape index (κ3) is 4.83. The van der Waals surface area contributed by atoms with Gasteiger partial charge in [0.05, 0.1) is 11.1 Å². The quantitative estimate of drug-likeness (QED) is 0.345. The fourth-order valence-corrected chi connectivity index (χ4v) is 5.97. The highest BCUT2D eigenvalue weighted by molar-refractivity contribution is 6.22. The van der Waals surface area contributed by atoms with Gasteiger partial charge in [0, 0.05) is 61.9 Å². The van der Waals surface area contributed by atoms with E-state index in [4.69, 9.17) is 0 Å². The number of hydrogen-bond donors (Lipinski definition) is 1. The molecule has 0 atom stereocenters. The second-order valence-corrected chi connectivity index (χ2v) is 11.1. The molecule has 0 radical (unpaired) electrons. The number of nitrogens with zero attached hydrogens (tertiary/aromatic N) is 5. The minimum absolute atomic E-state index is 0.102. The number of aryl methyl sites for hydroxylation is 1. The molecule has 42 heavy (non-hydrogen) atoms. The number of imide groups is 1. The van der Waals surface area contributed by atoms with Crippen molar-refractivity contribution < 1.29 is 19.2 Å². The molecule has 4 aromatic rings. The Morgan fingerprint density at radius 3 is 2.33 bits per heavy atom. The van der Waals surface area contributed by atoms with Crippen LogP contribution in [0.3, 0.4) is 0 Å². The number of pyridine rings is 1. The molecule has 0 spiro atoms. The van der Waals surface area contributed by atoms with E-state index in [1.54, 1.807) is 47.6 Å². The second-order valence-electron chi connectivity index (χ2n) is 11.1. The summed E-state index contributed by atoms with van der Waals surface area (Å²) in [5, 5.41) is 4.08. The van der Waals surface area contributed by atoms with Crippen LogP contribution >= 0.6 is 0 Å². The normalized spacial score (nSPS) is 16.5. The van der Waals surface area contributed by atoms with Gasteiger partial charge in [0.15, 0.2) is 0 Å². The van der Waals surface area contributed by atoms with Crippen molar-refractivity contribution >= 4 is 40.2 Å². The molecule has 4 amide bonds. The van der Waals surface area contributed by atoms with E-state index in [1.165, 1.54) is 0 Å². The number of aromatic nitrogens is 2. The molecule has 10 heteroatoms. The minimum Gasteiger partial charge on any atom is -0.351 e. The molecule has 6 rings (SSSR count). The van der Waals surface area contributed by atoms with Crippen LogP contribution in [-0.2, 0) is 23.2 Å². The van der Waals surface area contributed by atoms with Gasteiger partial charge in [-0.15, -0.1) is 0 Å². The number of amides is 4. The number of likely N-dealkylation sites (tertiary alicyclic amines) is 1. The first-order valence-electron chi connectivity index (χ1n) is 14.0. The summed E-state index contributed by atoms with van der Waals surface area (Å²) in [7, 11) is 3.95. The summed E-state index contributed by atoms with van der Waals surface area (Å²) in [6, 6.07) is 17.9. The van der Waals surface area contributed by atoms with Crippen LogP contribution in [0.1, 0.15) is 39.1 Å². The Hall–Kier alpha value is -4.83. The van der Waals surface area contributed by atoms with E-state index in [0.717, 1.165) is 21.4 Å². The summed E-state index contributed by atoms with van der Waals surface area (Å²) in [6.07, 6.45) is 6.04. The van der Waals surface area contributed by atoms with E-state index >= 15 is 0 Å². The van der Waals surface area contributed by atoms with E-state index < -0.39 is 29.8 Å². The van der Waals surface area contributed by atoms with Gasteiger partial charge in [-0.2, -0.15) is 0 Å². The van der Waals surface area contributed by atoms with Crippen molar-refractivity contribution in [3.05, 3.63) is 95.9 Å². The van der Waals surface area contributed by atoms with Gasteiger partial charge in [0.25, 0.3) is 11.8 Å². The van der Waals surface area contributed by atoms with Crippen molar-refractivity contribution in [1.82, 2.24) is 24.3 Å². The maximum absolute atomic E-state index is 14.3. The lowest BCUT2D eigenvalue weighted by molar-refractivity contribution is -0.149. The first kappa shape index (κ1) is 27.3. The molecule has 1 saturated heterocycles. The largest absolute Gasteiger partial charge is 0.351 e. The lowest BCUT2D eigenvalue weighted by atomic mass is 9.83. The molecule has 0 saturated carbocycles. The number of nitrogens with one attached hydrogen (secondary N) is 1. The lowest BCUT2D eigenvalue weighted by Crippen LogP contribution is -2.64. The summed E-state index contributed by atoms with van der Waals surface area (Å²) in [4.78, 5) is 63.7. The van der Waals surface area contributed by atoms with E-state index in [1.807, 2.05) is 55.2 Å². The number of carbonyl (C=O) groups is 4. The molecule has 4 heterocycles. The number of rotatable bonds is 7. The fraction of sp³-hybridized carbons (Fsp3) is 0.281. The monoisotopic (exact) mass is 564 g/mol. The average Bonchev–Trinajstić information content (AvgIpc) is 3.49. The Morgan fingerprint density at radius 2 is 1.67 bits per heavy atom. The second kappa shape index (κ2) is 10.9. The zero-order valence-electron chi connectivity index (χ0n) is 23.6. The molecule has 2 aliphatic rings. The van der Waals surface area contributed by atoms with Gasteiger partial charge in [0.1, 0.15) is 12.1 Å². The molecular formula is C32H32N6O4. The van der Waals surface area contributed by atoms with Crippen LogP contribution in [0, 0.1) is 0 Å². The van der Waals surface area contributed by atoms with Gasteiger partial charge in [-0.05, 0) is 67.9 Å². The molecule has 0 unspecified atom stereocenters. The maximum atomic E-state index is 14.3. The summed E-state index contributed by atoms with van der Waals surface area (Å²) in [6.45, 7) is 0.822. The molecule has 0 bridgehead atoms. The molecule has 2 aromatic carbocycles. The van der Waals surface area contributed by atoms with Crippen LogP contribution in [0.4, 0.5) is 5.69 Å². The summed E-state index contributed by atoms with van der Waals surface area (Å²) < 4.78 is 2.01. The van der Waals surface area contributed by atoms with Gasteiger partial charge in [-0.1, -0.05) is 18.2 Å². The average molecular weight is 565 g/mol. The third-order valence-electron chi connectivity index (χ3n) is 8.43. The molecular weight excluding hydrogens is 532 g/mol. The maximum Gasteiger partial charge on any atom is 0.262 e. The molecule has 214 valence electrons. The molecule has 1 fully saturated rings. The van der Waals surface area contributed by atoms with Crippen LogP contribution in [0.25, 0.3) is 10.9 Å². The standard InChI is InChI=1S/C32H32N6O4/c1-35-16-12-32(13-17-35,31(42)34-24-9-10-27-23(18-24)11-15-36(27)2)38(20-22-6-5-14-33-19-22)28(39)21-37-29(40)25-7-3-4-8-26(25)30(37)41/h3-11,14-15,18-19H,12-13,16-17,20-21H2,1-2H3,(H,34,42). The number of benzene rings is 2. The molecule has 2 aromatic heterocycles. The smallest absolute Gasteiger partial charge is 0.262 e. The van der Waals surface area contributed by atoms with E-state index in [-0.39, 0.29) is 23.6 Å². The summed E-state index contributed by atoms with van der Waals surface area (Å²) in [5.74, 6) is -1.80. The topological polar surface area (TPSA) is 108 Å². The van der Waals surface area contributed by atoms with Crippen molar-refractivity contribution in [3.8, 4) is 0 Å². The number of anilines is 1. The SMILES string of the molecule is CN1CCC(C(=O)Nc2ccc3c(ccn3C)c2)(N(Cc2cccnc2)C(=O)CN2C(=O)c3ccccc3C2=O)CC1. The van der Waals surface area contributed by atoms with Crippen molar-refractivity contribution in [3.63, 3.8) is 0 Å². The Bertz CT molecular complexity index is 1650. The Balaban J connectivity index is 1.35. The molecule has 1 N–H and O–H groups in total. The highest BCUT2D eigenvalue weighted by Crippen LogP contribution is 2.33. The van der Waals surface area contributed by atoms with Crippen LogP contribution < -0.4 is 5.32 Å². The van der Waals surface area contributed by atoms with Gasteiger partial charge >= 0.3 is 0 Å². The first-order chi connectivity index (χ1) is 20.3. The predicted molar refractivity (Wildman–Crippen MR) is 158 cm³/mol. The Kier molecular flexibility index (Phi) is 7.07. The Labute approximate surface area is 243 Å². The highest BCUT2D eigenvalue weighted by Gasteiger charge is 2.49. The first-order valence-corrected chi connectivity index (χ1v) is 14.0. The van der Waals surface area contributed by atoms with Gasteiger partial charge in [-0.25, -0.2) is 0 Å². The molecule has 2 aliphatic heterocycles. The van der Waals surface area contributed by atoms with E-state index in [9.17, 15) is 19.2 Å². The lowest BCUT2D eigenvalue weighted by Gasteiger charge is -2.47.